The number of rotatable bonds is 2. The van der Waals surface area contributed by atoms with E-state index in [0.717, 1.165) is 0 Å². The highest BCUT2D eigenvalue weighted by Gasteiger charge is 2.14. The van der Waals surface area contributed by atoms with Gasteiger partial charge in [0.2, 0.25) is 0 Å². The van der Waals surface area contributed by atoms with Gasteiger partial charge in [0.25, 0.3) is 0 Å². The molecule has 0 saturated heterocycles. The van der Waals surface area contributed by atoms with E-state index in [4.69, 9.17) is 9.84 Å². The van der Waals surface area contributed by atoms with Crippen LogP contribution in [-0.2, 0) is 0 Å². The maximum atomic E-state index is 10.6. The van der Waals surface area contributed by atoms with Crippen molar-refractivity contribution in [2.45, 2.75) is 0 Å². The molecule has 0 spiro atoms. The smallest absolute Gasteiger partial charge is 0.312 e. The average Bonchev–Trinajstić information content (AvgIpc) is 2.25. The van der Waals surface area contributed by atoms with Crippen molar-refractivity contribution in [3.63, 3.8) is 0 Å². The van der Waals surface area contributed by atoms with Gasteiger partial charge >= 0.3 is 5.69 Å². The zero-order chi connectivity index (χ0) is 11.3. The normalized spacial score (nSPS) is 8.93. The van der Waals surface area contributed by atoms with Crippen molar-refractivity contribution in [1.82, 2.24) is 0 Å². The van der Waals surface area contributed by atoms with Gasteiger partial charge in [0.15, 0.2) is 5.75 Å². The molecule has 0 aromatic heterocycles. The molecule has 5 nitrogen and oxygen atoms in total. The Kier molecular flexibility index (Phi) is 3.66. The molecule has 0 fully saturated rings. The van der Waals surface area contributed by atoms with Crippen LogP contribution in [0.4, 0.5) is 5.69 Å². The van der Waals surface area contributed by atoms with Crippen molar-refractivity contribution in [2.24, 2.45) is 0 Å². The molecule has 0 amide bonds. The highest BCUT2D eigenvalue weighted by Crippen LogP contribution is 2.26. The average molecular weight is 207 g/mol. The summed E-state index contributed by atoms with van der Waals surface area (Å²) in [6, 6.07) is 4.37. The van der Waals surface area contributed by atoms with Gasteiger partial charge in [-0.3, -0.25) is 10.1 Å². The van der Waals surface area contributed by atoms with E-state index in [2.05, 4.69) is 11.8 Å². The molecule has 0 radical (unpaired) electrons. The molecular weight excluding hydrogens is 198 g/mol. The summed E-state index contributed by atoms with van der Waals surface area (Å²) in [5.74, 6) is 5.18. The number of benzene rings is 1. The van der Waals surface area contributed by atoms with Crippen LogP contribution in [0.25, 0.3) is 0 Å². The van der Waals surface area contributed by atoms with E-state index < -0.39 is 4.92 Å². The molecule has 0 aliphatic carbocycles. The molecule has 0 aliphatic heterocycles. The van der Waals surface area contributed by atoms with Crippen LogP contribution in [0.2, 0.25) is 0 Å². The number of nitro groups is 1. The van der Waals surface area contributed by atoms with E-state index in [1.807, 2.05) is 0 Å². The fourth-order valence-corrected chi connectivity index (χ4v) is 1.05. The monoisotopic (exact) mass is 207 g/mol. The highest BCUT2D eigenvalue weighted by molar-refractivity contribution is 5.52. The van der Waals surface area contributed by atoms with Gasteiger partial charge in [-0.1, -0.05) is 11.8 Å². The Morgan fingerprint density at radius 2 is 2.33 bits per heavy atom. The maximum Gasteiger partial charge on any atom is 0.312 e. The second-order valence-corrected chi connectivity index (χ2v) is 2.60. The Morgan fingerprint density at radius 3 is 2.87 bits per heavy atom. The fourth-order valence-electron chi connectivity index (χ4n) is 1.05. The van der Waals surface area contributed by atoms with Crippen LogP contribution in [0.3, 0.4) is 0 Å². The first-order valence-corrected chi connectivity index (χ1v) is 4.11. The van der Waals surface area contributed by atoms with Crippen LogP contribution in [-0.4, -0.2) is 23.7 Å². The first-order chi connectivity index (χ1) is 7.19. The molecule has 78 valence electrons. The lowest BCUT2D eigenvalue weighted by atomic mass is 10.2. The van der Waals surface area contributed by atoms with Gasteiger partial charge in [-0.2, -0.15) is 0 Å². The molecule has 1 aromatic carbocycles. The van der Waals surface area contributed by atoms with E-state index in [-0.39, 0.29) is 18.0 Å². The lowest BCUT2D eigenvalue weighted by Crippen LogP contribution is -1.94. The summed E-state index contributed by atoms with van der Waals surface area (Å²) >= 11 is 0. The molecule has 15 heavy (non-hydrogen) atoms. The zero-order valence-corrected chi connectivity index (χ0v) is 8.06. The maximum absolute atomic E-state index is 10.6. The molecule has 0 atom stereocenters. The fraction of sp³-hybridized carbons (Fsp3) is 0.200. The summed E-state index contributed by atoms with van der Waals surface area (Å²) in [5, 5.41) is 19.1. The number of nitrogens with zero attached hydrogens (tertiary/aromatic N) is 1. The number of nitro benzene ring substituents is 1. The molecule has 0 aliphatic rings. The third kappa shape index (κ3) is 2.69. The van der Waals surface area contributed by atoms with Gasteiger partial charge in [0.1, 0.15) is 6.61 Å². The van der Waals surface area contributed by atoms with Crippen molar-refractivity contribution >= 4 is 5.69 Å². The predicted molar refractivity (Wildman–Crippen MR) is 53.6 cm³/mol. The number of hydrogen-bond donors (Lipinski definition) is 1. The van der Waals surface area contributed by atoms with Gasteiger partial charge in [-0.25, -0.2) is 0 Å². The molecule has 0 unspecified atom stereocenters. The van der Waals surface area contributed by atoms with Gasteiger partial charge in [0.05, 0.1) is 12.0 Å². The number of hydrogen-bond acceptors (Lipinski definition) is 4. The van der Waals surface area contributed by atoms with E-state index in [0.29, 0.717) is 5.56 Å². The van der Waals surface area contributed by atoms with E-state index in [1.54, 1.807) is 6.07 Å². The SMILES string of the molecule is COc1ccc(C#CCO)cc1[N+](=O)[O-]. The Bertz CT molecular complexity index is 431. The highest BCUT2D eigenvalue weighted by atomic mass is 16.6. The topological polar surface area (TPSA) is 72.6 Å². The van der Waals surface area contributed by atoms with Crippen molar-refractivity contribution in [1.29, 1.82) is 0 Å². The molecule has 0 heterocycles. The van der Waals surface area contributed by atoms with Crippen molar-refractivity contribution in [2.75, 3.05) is 13.7 Å². The lowest BCUT2D eigenvalue weighted by Gasteiger charge is -2.00. The number of methoxy groups -OCH3 is 1. The molecule has 1 N–H and O–H groups in total. The van der Waals surface area contributed by atoms with Gasteiger partial charge < -0.3 is 9.84 Å². The Hall–Kier alpha value is -2.06. The van der Waals surface area contributed by atoms with Crippen LogP contribution in [0.5, 0.6) is 5.75 Å². The van der Waals surface area contributed by atoms with Crippen molar-refractivity contribution in [3.8, 4) is 17.6 Å². The first kappa shape index (κ1) is 11.0. The molecule has 1 rings (SSSR count). The summed E-state index contributed by atoms with van der Waals surface area (Å²) in [6.45, 7) is -0.278. The van der Waals surface area contributed by atoms with Crippen molar-refractivity contribution in [3.05, 3.63) is 33.9 Å². The van der Waals surface area contributed by atoms with Crippen molar-refractivity contribution < 1.29 is 14.8 Å². The summed E-state index contributed by atoms with van der Waals surface area (Å²) < 4.78 is 4.83. The van der Waals surface area contributed by atoms with Crippen LogP contribution in [0, 0.1) is 22.0 Å². The van der Waals surface area contributed by atoms with Crippen LogP contribution in [0.1, 0.15) is 5.56 Å². The number of aliphatic hydroxyl groups is 1. The summed E-state index contributed by atoms with van der Waals surface area (Å²) in [4.78, 5) is 10.1. The van der Waals surface area contributed by atoms with Gasteiger partial charge in [-0.05, 0) is 12.1 Å². The van der Waals surface area contributed by atoms with Gasteiger partial charge in [-0.15, -0.1) is 0 Å². The largest absolute Gasteiger partial charge is 0.490 e. The van der Waals surface area contributed by atoms with E-state index >= 15 is 0 Å². The minimum atomic E-state index is -0.539. The second-order valence-electron chi connectivity index (χ2n) is 2.60. The predicted octanol–water partition coefficient (Wildman–Crippen LogP) is 0.947. The van der Waals surface area contributed by atoms with Crippen LogP contribution >= 0.6 is 0 Å². The molecular formula is C10H9NO4. The third-order valence-electron chi connectivity index (χ3n) is 1.69. The standard InChI is InChI=1S/C10H9NO4/c1-15-10-5-4-8(3-2-6-12)7-9(10)11(13)14/h4-5,7,12H,6H2,1H3. The lowest BCUT2D eigenvalue weighted by molar-refractivity contribution is -0.385. The summed E-state index contributed by atoms with van der Waals surface area (Å²) in [5.41, 5.74) is 0.332. The second kappa shape index (κ2) is 4.98. The summed E-state index contributed by atoms with van der Waals surface area (Å²) in [6.07, 6.45) is 0. The van der Waals surface area contributed by atoms with E-state index in [1.165, 1.54) is 19.2 Å². The van der Waals surface area contributed by atoms with Crippen LogP contribution in [0.15, 0.2) is 18.2 Å². The minimum Gasteiger partial charge on any atom is -0.490 e. The van der Waals surface area contributed by atoms with E-state index in [9.17, 15) is 10.1 Å². The Labute approximate surface area is 86.5 Å². The first-order valence-electron chi connectivity index (χ1n) is 4.11. The Morgan fingerprint density at radius 1 is 1.60 bits per heavy atom. The molecule has 5 heteroatoms. The Balaban J connectivity index is 3.16. The minimum absolute atomic E-state index is 0.137. The summed E-state index contributed by atoms with van der Waals surface area (Å²) in [7, 11) is 1.36. The molecule has 0 saturated carbocycles. The third-order valence-corrected chi connectivity index (χ3v) is 1.69. The van der Waals surface area contributed by atoms with Crippen LogP contribution < -0.4 is 4.74 Å². The number of aliphatic hydroxyl groups excluding tert-OH is 1. The quantitative estimate of drug-likeness (QED) is 0.445. The number of ether oxygens (including phenoxy) is 1. The molecule has 0 bridgehead atoms. The van der Waals surface area contributed by atoms with Gasteiger partial charge in [0, 0.05) is 11.6 Å². The zero-order valence-electron chi connectivity index (χ0n) is 8.06. The molecule has 1 aromatic rings.